The van der Waals surface area contributed by atoms with Gasteiger partial charge in [-0.3, -0.25) is 9.59 Å². The Hall–Kier alpha value is -3.41. The number of hydrogen-bond acceptors (Lipinski definition) is 5. The fraction of sp³-hybridized carbons (Fsp3) is 0.150. The maximum Gasteiger partial charge on any atom is 0.230 e. The molecule has 0 bridgehead atoms. The van der Waals surface area contributed by atoms with Gasteiger partial charge in [-0.2, -0.15) is 0 Å². The molecule has 132 valence electrons. The van der Waals surface area contributed by atoms with Crippen LogP contribution in [0.3, 0.4) is 0 Å². The third kappa shape index (κ3) is 3.97. The Balaban J connectivity index is 1.78. The highest BCUT2D eigenvalue weighted by Crippen LogP contribution is 2.21. The lowest BCUT2D eigenvalue weighted by molar-refractivity contribution is -0.115. The van der Waals surface area contributed by atoms with E-state index in [4.69, 9.17) is 9.26 Å². The summed E-state index contributed by atoms with van der Waals surface area (Å²) in [5.41, 5.74) is 1.93. The highest BCUT2D eigenvalue weighted by Gasteiger charge is 2.16. The molecule has 0 fully saturated rings. The van der Waals surface area contributed by atoms with Gasteiger partial charge in [0.05, 0.1) is 24.9 Å². The number of nitrogens with zero attached hydrogens (tertiary/aromatic N) is 1. The number of aryl methyl sites for hydroxylation is 1. The van der Waals surface area contributed by atoms with Crippen LogP contribution in [0.5, 0.6) is 5.75 Å². The number of nitrogens with one attached hydrogen (secondary N) is 1. The second kappa shape index (κ2) is 7.65. The molecular weight excluding hydrogens is 332 g/mol. The Kier molecular flexibility index (Phi) is 5.12. The summed E-state index contributed by atoms with van der Waals surface area (Å²) >= 11 is 0. The Bertz CT molecular complexity index is 929. The van der Waals surface area contributed by atoms with E-state index in [0.717, 1.165) is 0 Å². The molecule has 6 heteroatoms. The van der Waals surface area contributed by atoms with Crippen molar-refractivity contribution >= 4 is 17.4 Å². The number of benzene rings is 2. The molecule has 0 aliphatic heterocycles. The van der Waals surface area contributed by atoms with Crippen LogP contribution in [0.4, 0.5) is 5.69 Å². The number of hydrogen-bond donors (Lipinski definition) is 1. The maximum absolute atomic E-state index is 12.8. The van der Waals surface area contributed by atoms with Crippen LogP contribution in [0.1, 0.15) is 27.4 Å². The predicted octanol–water partition coefficient (Wildman–Crippen LogP) is 3.40. The number of rotatable bonds is 6. The van der Waals surface area contributed by atoms with Crippen LogP contribution in [0.2, 0.25) is 0 Å². The van der Waals surface area contributed by atoms with Gasteiger partial charge >= 0.3 is 0 Å². The zero-order chi connectivity index (χ0) is 18.5. The number of ether oxygens (including phenoxy) is 1. The number of methoxy groups -OCH3 is 1. The van der Waals surface area contributed by atoms with Crippen LogP contribution >= 0.6 is 0 Å². The van der Waals surface area contributed by atoms with Crippen LogP contribution in [0.15, 0.2) is 59.1 Å². The van der Waals surface area contributed by atoms with Gasteiger partial charge in [0, 0.05) is 17.2 Å². The summed E-state index contributed by atoms with van der Waals surface area (Å²) in [6.45, 7) is 1.76. The van der Waals surface area contributed by atoms with Crippen molar-refractivity contribution in [1.82, 2.24) is 5.16 Å². The van der Waals surface area contributed by atoms with E-state index in [1.807, 2.05) is 0 Å². The largest absolute Gasteiger partial charge is 0.497 e. The van der Waals surface area contributed by atoms with Gasteiger partial charge in [0.2, 0.25) is 5.91 Å². The molecular formula is C20H18N2O4. The van der Waals surface area contributed by atoms with Crippen molar-refractivity contribution in [3.63, 3.8) is 0 Å². The molecule has 0 aliphatic carbocycles. The second-order valence-electron chi connectivity index (χ2n) is 5.76. The summed E-state index contributed by atoms with van der Waals surface area (Å²) in [7, 11) is 1.57. The van der Waals surface area contributed by atoms with E-state index in [1.165, 1.54) is 0 Å². The normalized spacial score (nSPS) is 10.4. The molecule has 26 heavy (non-hydrogen) atoms. The first-order valence-corrected chi connectivity index (χ1v) is 8.06. The minimum Gasteiger partial charge on any atom is -0.497 e. The molecule has 6 nitrogen and oxygen atoms in total. The standard InChI is InChI=1S/C20H18N2O4/c1-13-11-15(22-26-13)12-19(23)21-18-6-4-3-5-17(18)20(24)14-7-9-16(25-2)10-8-14/h3-11H,12H2,1-2H3,(H,21,23). The fourth-order valence-corrected chi connectivity index (χ4v) is 2.55. The van der Waals surface area contributed by atoms with Gasteiger partial charge in [0.25, 0.3) is 0 Å². The molecule has 2 aromatic carbocycles. The molecule has 3 rings (SSSR count). The molecule has 0 saturated heterocycles. The lowest BCUT2D eigenvalue weighted by Crippen LogP contribution is -2.17. The smallest absolute Gasteiger partial charge is 0.230 e. The lowest BCUT2D eigenvalue weighted by Gasteiger charge is -2.10. The van der Waals surface area contributed by atoms with Crippen molar-refractivity contribution < 1.29 is 18.8 Å². The summed E-state index contributed by atoms with van der Waals surface area (Å²) in [5.74, 6) is 0.864. The Morgan fingerprint density at radius 2 is 1.85 bits per heavy atom. The van der Waals surface area contributed by atoms with Crippen molar-refractivity contribution in [2.24, 2.45) is 0 Å². The van der Waals surface area contributed by atoms with Crippen molar-refractivity contribution in [3.8, 4) is 5.75 Å². The fourth-order valence-electron chi connectivity index (χ4n) is 2.55. The predicted molar refractivity (Wildman–Crippen MR) is 96.4 cm³/mol. The monoisotopic (exact) mass is 350 g/mol. The summed E-state index contributed by atoms with van der Waals surface area (Å²) < 4.78 is 10.1. The van der Waals surface area contributed by atoms with Gasteiger partial charge < -0.3 is 14.6 Å². The van der Waals surface area contributed by atoms with Gasteiger partial charge in [0.15, 0.2) is 5.78 Å². The van der Waals surface area contributed by atoms with E-state index in [1.54, 1.807) is 68.6 Å². The average Bonchev–Trinajstić information content (AvgIpc) is 3.06. The number of amides is 1. The molecule has 0 atom stereocenters. The number of carbonyl (C=O) groups is 2. The molecule has 0 saturated carbocycles. The Labute approximate surface area is 150 Å². The minimum atomic E-state index is -0.270. The molecule has 0 radical (unpaired) electrons. The first-order valence-electron chi connectivity index (χ1n) is 8.06. The van der Waals surface area contributed by atoms with Gasteiger partial charge in [-0.25, -0.2) is 0 Å². The van der Waals surface area contributed by atoms with Crippen LogP contribution in [-0.4, -0.2) is 24.0 Å². The first kappa shape index (κ1) is 17.4. The molecule has 1 amide bonds. The third-order valence-corrected chi connectivity index (χ3v) is 3.82. The highest BCUT2D eigenvalue weighted by molar-refractivity contribution is 6.13. The summed E-state index contributed by atoms with van der Waals surface area (Å²) in [6, 6.07) is 15.4. The number of carbonyl (C=O) groups excluding carboxylic acids is 2. The number of anilines is 1. The molecule has 1 N–H and O–H groups in total. The number of ketones is 1. The Morgan fingerprint density at radius 1 is 1.12 bits per heavy atom. The summed E-state index contributed by atoms with van der Waals surface area (Å²) in [6.07, 6.45) is 0.0718. The highest BCUT2D eigenvalue weighted by atomic mass is 16.5. The van der Waals surface area contributed by atoms with Gasteiger partial charge in [0.1, 0.15) is 11.5 Å². The SMILES string of the molecule is COc1ccc(C(=O)c2ccccc2NC(=O)Cc2cc(C)on2)cc1. The summed E-state index contributed by atoms with van der Waals surface area (Å²) in [4.78, 5) is 25.1. The van der Waals surface area contributed by atoms with Crippen molar-refractivity contribution in [1.29, 1.82) is 0 Å². The average molecular weight is 350 g/mol. The molecule has 1 aromatic heterocycles. The topological polar surface area (TPSA) is 81.4 Å². The maximum atomic E-state index is 12.8. The van der Waals surface area contributed by atoms with Crippen LogP contribution in [-0.2, 0) is 11.2 Å². The van der Waals surface area contributed by atoms with E-state index in [-0.39, 0.29) is 18.1 Å². The van der Waals surface area contributed by atoms with E-state index in [0.29, 0.717) is 34.0 Å². The molecule has 1 heterocycles. The molecule has 0 aliphatic rings. The lowest BCUT2D eigenvalue weighted by atomic mass is 10.0. The molecule has 0 unspecified atom stereocenters. The summed E-state index contributed by atoms with van der Waals surface area (Å²) in [5, 5.41) is 6.58. The zero-order valence-corrected chi connectivity index (χ0v) is 14.5. The zero-order valence-electron chi connectivity index (χ0n) is 14.5. The Morgan fingerprint density at radius 3 is 2.50 bits per heavy atom. The molecule has 3 aromatic rings. The van der Waals surface area contributed by atoms with Crippen LogP contribution in [0, 0.1) is 6.92 Å². The quantitative estimate of drug-likeness (QED) is 0.689. The van der Waals surface area contributed by atoms with E-state index in [9.17, 15) is 9.59 Å². The van der Waals surface area contributed by atoms with E-state index >= 15 is 0 Å². The van der Waals surface area contributed by atoms with E-state index < -0.39 is 0 Å². The van der Waals surface area contributed by atoms with Gasteiger partial charge in [-0.1, -0.05) is 17.3 Å². The first-order chi connectivity index (χ1) is 12.6. The minimum absolute atomic E-state index is 0.0718. The number of para-hydroxylation sites is 1. The second-order valence-corrected chi connectivity index (χ2v) is 5.76. The van der Waals surface area contributed by atoms with Gasteiger partial charge in [-0.05, 0) is 43.3 Å². The van der Waals surface area contributed by atoms with E-state index in [2.05, 4.69) is 10.5 Å². The van der Waals surface area contributed by atoms with Gasteiger partial charge in [-0.15, -0.1) is 0 Å². The third-order valence-electron chi connectivity index (χ3n) is 3.82. The van der Waals surface area contributed by atoms with Crippen molar-refractivity contribution in [2.75, 3.05) is 12.4 Å². The molecule has 0 spiro atoms. The van der Waals surface area contributed by atoms with Crippen LogP contribution in [0.25, 0.3) is 0 Å². The van der Waals surface area contributed by atoms with Crippen molar-refractivity contribution in [3.05, 3.63) is 77.2 Å². The number of aromatic nitrogens is 1. The van der Waals surface area contributed by atoms with Crippen LogP contribution < -0.4 is 10.1 Å². The van der Waals surface area contributed by atoms with Crippen molar-refractivity contribution in [2.45, 2.75) is 13.3 Å².